The Hall–Kier alpha value is -3.83. The Balaban J connectivity index is 0.000000202. The van der Waals surface area contributed by atoms with Gasteiger partial charge < -0.3 is 9.40 Å². The Morgan fingerprint density at radius 3 is 2.27 bits per heavy atom. The molecule has 0 atom stereocenters. The maximum atomic E-state index is 8.81. The van der Waals surface area contributed by atoms with Gasteiger partial charge in [0.2, 0.25) is 0 Å². The van der Waals surface area contributed by atoms with Crippen molar-refractivity contribution in [1.82, 2.24) is 9.97 Å². The summed E-state index contributed by atoms with van der Waals surface area (Å²) in [6.07, 6.45) is 8.97. The molecule has 52 heavy (non-hydrogen) atoms. The average Bonchev–Trinajstić information content (AvgIpc) is 3.55. The van der Waals surface area contributed by atoms with Crippen LogP contribution in [0.2, 0.25) is 17.3 Å². The number of hydrogen-bond donors (Lipinski definition) is 0. The molecule has 0 saturated heterocycles. The van der Waals surface area contributed by atoms with Gasteiger partial charge in [0.25, 0.3) is 0 Å². The third-order valence-electron chi connectivity index (χ3n) is 9.80. The zero-order valence-electron chi connectivity index (χ0n) is 35.6. The Morgan fingerprint density at radius 1 is 0.788 bits per heavy atom. The molecule has 7 aromatic rings. The van der Waals surface area contributed by atoms with Crippen LogP contribution in [0.25, 0.3) is 55.6 Å². The second-order valence-electron chi connectivity index (χ2n) is 14.8. The van der Waals surface area contributed by atoms with Gasteiger partial charge in [-0.05, 0) is 46.8 Å². The van der Waals surface area contributed by atoms with Crippen molar-refractivity contribution in [3.8, 4) is 33.6 Å². The molecule has 4 aromatic carbocycles. The van der Waals surface area contributed by atoms with E-state index in [4.69, 9.17) is 11.3 Å². The summed E-state index contributed by atoms with van der Waals surface area (Å²) in [5.74, 6) is 5.66. The van der Waals surface area contributed by atoms with E-state index in [1.807, 2.05) is 42.6 Å². The van der Waals surface area contributed by atoms with Crippen LogP contribution in [0, 0.1) is 19.0 Å². The van der Waals surface area contributed by atoms with Crippen LogP contribution in [0.3, 0.4) is 0 Å². The Morgan fingerprint density at radius 2 is 1.56 bits per heavy atom. The fourth-order valence-corrected chi connectivity index (χ4v) is 8.97. The molecule has 1 aliphatic carbocycles. The van der Waals surface area contributed by atoms with E-state index in [2.05, 4.69) is 87.9 Å². The normalized spacial score (nSPS) is 16.0. The zero-order chi connectivity index (χ0) is 39.9. The van der Waals surface area contributed by atoms with Crippen molar-refractivity contribution in [3.05, 3.63) is 138 Å². The van der Waals surface area contributed by atoms with Gasteiger partial charge in [-0.2, -0.15) is 0 Å². The first-order chi connectivity index (χ1) is 26.5. The molecule has 0 N–H and O–H groups in total. The fourth-order valence-electron chi connectivity index (χ4n) is 6.79. The molecular formula is C47H48GeIrN2O-2. The predicted molar refractivity (Wildman–Crippen MR) is 217 cm³/mol. The Labute approximate surface area is 333 Å². The van der Waals surface area contributed by atoms with Crippen LogP contribution in [0.1, 0.15) is 81.3 Å². The van der Waals surface area contributed by atoms with Crippen LogP contribution in [0.15, 0.2) is 114 Å². The van der Waals surface area contributed by atoms with Crippen LogP contribution in [0.4, 0.5) is 0 Å². The van der Waals surface area contributed by atoms with Crippen molar-refractivity contribution >= 4 is 39.6 Å². The molecule has 3 heterocycles. The van der Waals surface area contributed by atoms with Crippen LogP contribution in [-0.4, -0.2) is 23.2 Å². The molecule has 8 rings (SSSR count). The number of aryl methyl sites for hydroxylation is 1. The van der Waals surface area contributed by atoms with Gasteiger partial charge >= 0.3 is 139 Å². The fraction of sp³-hybridized carbons (Fsp3) is 0.277. The number of fused-ring (bicyclic) bond motifs is 3. The second-order valence-corrected chi connectivity index (χ2v) is 25.4. The molecular weight excluding hydrogens is 873 g/mol. The van der Waals surface area contributed by atoms with E-state index in [1.165, 1.54) is 29.9 Å². The van der Waals surface area contributed by atoms with Crippen molar-refractivity contribution in [2.24, 2.45) is 0 Å². The van der Waals surface area contributed by atoms with Crippen molar-refractivity contribution in [3.63, 3.8) is 0 Å². The number of rotatable bonds is 6. The molecule has 0 unspecified atom stereocenters. The number of nitrogens with zero attached hydrogens (tertiary/aromatic N) is 2. The van der Waals surface area contributed by atoms with Crippen LogP contribution >= 0.6 is 0 Å². The van der Waals surface area contributed by atoms with E-state index in [9.17, 15) is 0 Å². The summed E-state index contributed by atoms with van der Waals surface area (Å²) in [6, 6.07) is 38.8. The minimum Gasteiger partial charge on any atom is 0 e. The summed E-state index contributed by atoms with van der Waals surface area (Å²) in [5, 5.41) is 1.92. The summed E-state index contributed by atoms with van der Waals surface area (Å²) in [7, 11) is 0. The van der Waals surface area contributed by atoms with Gasteiger partial charge in [-0.1, -0.05) is 67.8 Å². The Kier molecular flexibility index (Phi) is 10.0. The van der Waals surface area contributed by atoms with Gasteiger partial charge in [-0.3, -0.25) is 0 Å². The minimum absolute atomic E-state index is 0. The monoisotopic (exact) mass is 928 g/mol. The maximum Gasteiger partial charge on any atom is 0 e. The molecule has 0 amide bonds. The molecule has 0 aliphatic heterocycles. The van der Waals surface area contributed by atoms with E-state index in [0.717, 1.165) is 68.3 Å². The molecule has 1 fully saturated rings. The van der Waals surface area contributed by atoms with E-state index < -0.39 is 31.9 Å². The summed E-state index contributed by atoms with van der Waals surface area (Å²) in [4.78, 5) is 9.09. The molecule has 1 saturated carbocycles. The van der Waals surface area contributed by atoms with E-state index in [-0.39, 0.29) is 25.7 Å². The first-order valence-corrected chi connectivity index (χ1v) is 25.3. The summed E-state index contributed by atoms with van der Waals surface area (Å²) in [5.41, 5.74) is 8.68. The molecule has 1 aliphatic rings. The summed E-state index contributed by atoms with van der Waals surface area (Å²) in [6.45, 7) is 1.04. The third kappa shape index (κ3) is 8.52. The molecule has 3 aromatic heterocycles. The summed E-state index contributed by atoms with van der Waals surface area (Å²) < 4.78 is 48.2. The average molecular weight is 927 g/mol. The largest absolute Gasteiger partial charge is 0 e. The number of pyridine rings is 2. The van der Waals surface area contributed by atoms with Crippen LogP contribution < -0.4 is 4.40 Å². The number of aromatic nitrogens is 2. The van der Waals surface area contributed by atoms with Crippen LogP contribution in [-0.2, 0) is 20.1 Å². The molecule has 0 bridgehead atoms. The first-order valence-electron chi connectivity index (χ1n) is 20.4. The molecule has 3 nitrogen and oxygen atoms in total. The van der Waals surface area contributed by atoms with Crippen molar-refractivity contribution in [2.75, 3.05) is 0 Å². The maximum absolute atomic E-state index is 8.81. The molecule has 5 heteroatoms. The zero-order valence-corrected chi connectivity index (χ0v) is 35.1. The smallest absolute Gasteiger partial charge is 0 e. The van der Waals surface area contributed by atoms with Crippen molar-refractivity contribution in [1.29, 1.82) is 0 Å². The molecule has 0 spiro atoms. The van der Waals surface area contributed by atoms with Crippen LogP contribution in [0.5, 0.6) is 0 Å². The SMILES string of the molecule is [2H]C([2H])([2H])c1cnc(-c2[c-]cc3oc4cc(-c5ccccc5)ccc4c3c2)cc1C([2H])(C)C.[2H]C1(c2cc[c-]c(-c3cc[c]([Ge]([CH3])([CH3])[CH3])cn3)c2)CCCCC1.[Ir]. The van der Waals surface area contributed by atoms with E-state index in [1.54, 1.807) is 26.0 Å². The number of hydrogen-bond acceptors (Lipinski definition) is 3. The van der Waals surface area contributed by atoms with E-state index >= 15 is 0 Å². The van der Waals surface area contributed by atoms with E-state index in [0.29, 0.717) is 11.3 Å². The third-order valence-corrected chi connectivity index (χ3v) is 14.1. The van der Waals surface area contributed by atoms with Gasteiger partial charge in [0.15, 0.2) is 0 Å². The second kappa shape index (κ2) is 16.5. The van der Waals surface area contributed by atoms with Crippen molar-refractivity contribution < 1.29 is 31.4 Å². The minimum atomic E-state index is -2.33. The van der Waals surface area contributed by atoms with Gasteiger partial charge in [0.1, 0.15) is 5.58 Å². The van der Waals surface area contributed by atoms with Gasteiger partial charge in [0.05, 0.1) is 5.58 Å². The van der Waals surface area contributed by atoms with Gasteiger partial charge in [0, 0.05) is 37.2 Å². The standard InChI is InChI=1S/C27H22NO.C20H26GeN.Ir/c1-17(2)23-15-25(28-16-18(23)3)21-10-12-26-24(13-21)22-11-9-20(14-27(22)29-26)19-7-5-4-6-8-19;1-21(2,3)19-12-13-20(22-15-19)18-11-7-10-17(14-18)16-8-5-4-6-9-16;/h4-9,11-17H,1-3H3;7,10,12-16H,4-6,8-9H2,1-3H3;/q2*-1;/i3D3,17D;16D;. The number of furan rings is 1. The summed E-state index contributed by atoms with van der Waals surface area (Å²) >= 11 is -1.81. The number of benzene rings is 4. The van der Waals surface area contributed by atoms with Gasteiger partial charge in [-0.25, -0.2) is 0 Å². The molecule has 1 radical (unpaired) electrons. The quantitative estimate of drug-likeness (QED) is 0.123. The Bertz CT molecular complexity index is 2480. The van der Waals surface area contributed by atoms with Crippen molar-refractivity contribution in [2.45, 2.75) is 81.9 Å². The molecule has 267 valence electrons. The van der Waals surface area contributed by atoms with Gasteiger partial charge in [-0.15, -0.1) is 23.8 Å². The predicted octanol–water partition coefficient (Wildman–Crippen LogP) is 12.7. The first kappa shape index (κ1) is 31.7. The topological polar surface area (TPSA) is 38.9 Å².